The van der Waals surface area contributed by atoms with Crippen LogP contribution in [0.3, 0.4) is 0 Å². The molecule has 0 aliphatic heterocycles. The first kappa shape index (κ1) is 16.3. The Balaban J connectivity index is 2.11. The van der Waals surface area contributed by atoms with Crippen LogP contribution < -0.4 is 9.47 Å². The SMILES string of the molecule is CCOc1cc(OCC)nc(-c2c[nH]c3c(COC)cccc23)n1. The van der Waals surface area contributed by atoms with Gasteiger partial charge in [0.1, 0.15) is 0 Å². The van der Waals surface area contributed by atoms with Crippen LogP contribution in [-0.4, -0.2) is 35.3 Å². The molecule has 0 unspecified atom stereocenters. The summed E-state index contributed by atoms with van der Waals surface area (Å²) < 4.78 is 16.4. The van der Waals surface area contributed by atoms with Gasteiger partial charge in [-0.2, -0.15) is 9.97 Å². The number of hydrogen-bond acceptors (Lipinski definition) is 5. The monoisotopic (exact) mass is 327 g/mol. The molecule has 2 heterocycles. The number of benzene rings is 1. The van der Waals surface area contributed by atoms with Crippen molar-refractivity contribution in [1.29, 1.82) is 0 Å². The molecular weight excluding hydrogens is 306 g/mol. The van der Waals surface area contributed by atoms with Crippen LogP contribution in [0, 0.1) is 0 Å². The number of ether oxygens (including phenoxy) is 3. The molecule has 126 valence electrons. The lowest BCUT2D eigenvalue weighted by Crippen LogP contribution is -2.01. The van der Waals surface area contributed by atoms with E-state index in [-0.39, 0.29) is 0 Å². The Hall–Kier alpha value is -2.60. The number of H-pyrrole nitrogens is 1. The van der Waals surface area contributed by atoms with Gasteiger partial charge in [-0.3, -0.25) is 0 Å². The fourth-order valence-corrected chi connectivity index (χ4v) is 2.65. The maximum Gasteiger partial charge on any atom is 0.220 e. The lowest BCUT2D eigenvalue weighted by atomic mass is 10.1. The van der Waals surface area contributed by atoms with Crippen molar-refractivity contribution in [2.75, 3.05) is 20.3 Å². The Morgan fingerprint density at radius 1 is 1.04 bits per heavy atom. The molecule has 0 radical (unpaired) electrons. The molecule has 0 saturated heterocycles. The zero-order valence-electron chi connectivity index (χ0n) is 14.1. The Labute approximate surface area is 140 Å². The Kier molecular flexibility index (Phi) is 4.96. The number of aromatic nitrogens is 3. The van der Waals surface area contributed by atoms with E-state index in [1.807, 2.05) is 38.2 Å². The zero-order chi connectivity index (χ0) is 16.9. The van der Waals surface area contributed by atoms with Crippen molar-refractivity contribution in [3.63, 3.8) is 0 Å². The smallest absolute Gasteiger partial charge is 0.220 e. The van der Waals surface area contributed by atoms with Gasteiger partial charge in [0.25, 0.3) is 0 Å². The Bertz CT molecular complexity index is 805. The van der Waals surface area contributed by atoms with Gasteiger partial charge >= 0.3 is 0 Å². The number of fused-ring (bicyclic) bond motifs is 1. The number of nitrogens with zero attached hydrogens (tertiary/aromatic N) is 2. The molecule has 3 rings (SSSR count). The van der Waals surface area contributed by atoms with E-state index in [1.54, 1.807) is 13.2 Å². The van der Waals surface area contributed by atoms with Crippen LogP contribution in [0.5, 0.6) is 11.8 Å². The fourth-order valence-electron chi connectivity index (χ4n) is 2.65. The van der Waals surface area contributed by atoms with Gasteiger partial charge in [-0.05, 0) is 13.8 Å². The van der Waals surface area contributed by atoms with E-state index >= 15 is 0 Å². The van der Waals surface area contributed by atoms with Crippen molar-refractivity contribution >= 4 is 10.9 Å². The van der Waals surface area contributed by atoms with Gasteiger partial charge in [0.15, 0.2) is 5.82 Å². The van der Waals surface area contributed by atoms with Gasteiger partial charge in [0.2, 0.25) is 11.8 Å². The van der Waals surface area contributed by atoms with Crippen molar-refractivity contribution in [2.45, 2.75) is 20.5 Å². The third-order valence-electron chi connectivity index (χ3n) is 3.61. The summed E-state index contributed by atoms with van der Waals surface area (Å²) in [6.45, 7) is 5.46. The average Bonchev–Trinajstić information content (AvgIpc) is 3.01. The maximum atomic E-state index is 5.54. The molecule has 3 aromatic rings. The minimum absolute atomic E-state index is 0.508. The summed E-state index contributed by atoms with van der Waals surface area (Å²) >= 11 is 0. The molecule has 0 fully saturated rings. The van der Waals surface area contributed by atoms with Crippen LogP contribution in [0.2, 0.25) is 0 Å². The van der Waals surface area contributed by atoms with E-state index < -0.39 is 0 Å². The molecule has 1 aromatic carbocycles. The van der Waals surface area contributed by atoms with E-state index in [2.05, 4.69) is 15.0 Å². The summed E-state index contributed by atoms with van der Waals surface area (Å²) in [6.07, 6.45) is 1.91. The van der Waals surface area contributed by atoms with Gasteiger partial charge < -0.3 is 19.2 Å². The second-order valence-corrected chi connectivity index (χ2v) is 5.21. The number of para-hydroxylation sites is 1. The standard InChI is InChI=1S/C18H21N3O3/c1-4-23-15-9-16(24-5-2)21-18(20-15)14-10-19-17-12(11-22-3)7-6-8-13(14)17/h6-10,19H,4-5,11H2,1-3H3. The molecule has 6 nitrogen and oxygen atoms in total. The number of aromatic amines is 1. The third kappa shape index (κ3) is 3.19. The highest BCUT2D eigenvalue weighted by Crippen LogP contribution is 2.31. The number of rotatable bonds is 7. The van der Waals surface area contributed by atoms with Crippen LogP contribution in [0.4, 0.5) is 0 Å². The Morgan fingerprint density at radius 2 is 1.75 bits per heavy atom. The average molecular weight is 327 g/mol. The predicted octanol–water partition coefficient (Wildman–Crippen LogP) is 3.57. The van der Waals surface area contributed by atoms with Gasteiger partial charge in [-0.1, -0.05) is 18.2 Å². The van der Waals surface area contributed by atoms with Gasteiger partial charge in [0.05, 0.1) is 31.4 Å². The molecule has 1 N–H and O–H groups in total. The highest BCUT2D eigenvalue weighted by molar-refractivity contribution is 5.95. The Morgan fingerprint density at radius 3 is 2.38 bits per heavy atom. The first-order valence-electron chi connectivity index (χ1n) is 7.99. The topological polar surface area (TPSA) is 69.3 Å². The van der Waals surface area contributed by atoms with Crippen molar-refractivity contribution in [2.24, 2.45) is 0 Å². The van der Waals surface area contributed by atoms with Gasteiger partial charge in [0, 0.05) is 29.8 Å². The quantitative estimate of drug-likeness (QED) is 0.718. The summed E-state index contributed by atoms with van der Waals surface area (Å²) in [5, 5.41) is 1.04. The van der Waals surface area contributed by atoms with E-state index in [0.29, 0.717) is 37.4 Å². The van der Waals surface area contributed by atoms with Gasteiger partial charge in [-0.15, -0.1) is 0 Å². The molecule has 0 bridgehead atoms. The highest BCUT2D eigenvalue weighted by Gasteiger charge is 2.14. The molecule has 0 aliphatic rings. The number of methoxy groups -OCH3 is 1. The molecular formula is C18H21N3O3. The van der Waals surface area contributed by atoms with Crippen LogP contribution in [0.1, 0.15) is 19.4 Å². The first-order valence-corrected chi connectivity index (χ1v) is 7.99. The molecule has 0 amide bonds. The predicted molar refractivity (Wildman–Crippen MR) is 92.4 cm³/mol. The van der Waals surface area contributed by atoms with Crippen LogP contribution in [0.15, 0.2) is 30.5 Å². The molecule has 0 saturated carbocycles. The van der Waals surface area contributed by atoms with E-state index in [4.69, 9.17) is 14.2 Å². The zero-order valence-corrected chi connectivity index (χ0v) is 14.1. The largest absolute Gasteiger partial charge is 0.478 e. The molecule has 0 atom stereocenters. The summed E-state index contributed by atoms with van der Waals surface area (Å²) in [4.78, 5) is 12.3. The molecule has 6 heteroatoms. The van der Waals surface area contributed by atoms with Crippen molar-refractivity contribution in [3.05, 3.63) is 36.0 Å². The summed E-state index contributed by atoms with van der Waals surface area (Å²) in [5.41, 5.74) is 3.02. The lowest BCUT2D eigenvalue weighted by Gasteiger charge is -2.08. The molecule has 0 spiro atoms. The number of nitrogens with one attached hydrogen (secondary N) is 1. The maximum absolute atomic E-state index is 5.54. The highest BCUT2D eigenvalue weighted by atomic mass is 16.5. The minimum Gasteiger partial charge on any atom is -0.478 e. The van der Waals surface area contributed by atoms with Gasteiger partial charge in [-0.25, -0.2) is 0 Å². The first-order chi connectivity index (χ1) is 11.8. The molecule has 24 heavy (non-hydrogen) atoms. The second kappa shape index (κ2) is 7.31. The normalized spacial score (nSPS) is 11.0. The summed E-state index contributed by atoms with van der Waals surface area (Å²) in [7, 11) is 1.69. The third-order valence-corrected chi connectivity index (χ3v) is 3.61. The van der Waals surface area contributed by atoms with Crippen LogP contribution >= 0.6 is 0 Å². The molecule has 2 aromatic heterocycles. The van der Waals surface area contributed by atoms with E-state index in [9.17, 15) is 0 Å². The molecule has 0 aliphatic carbocycles. The number of hydrogen-bond donors (Lipinski definition) is 1. The van der Waals surface area contributed by atoms with E-state index in [0.717, 1.165) is 22.0 Å². The summed E-state index contributed by atoms with van der Waals surface area (Å²) in [6, 6.07) is 7.79. The second-order valence-electron chi connectivity index (χ2n) is 5.21. The summed E-state index contributed by atoms with van der Waals surface area (Å²) in [5.74, 6) is 1.59. The minimum atomic E-state index is 0.508. The van der Waals surface area contributed by atoms with Crippen molar-refractivity contribution in [1.82, 2.24) is 15.0 Å². The van der Waals surface area contributed by atoms with Crippen molar-refractivity contribution in [3.8, 4) is 23.1 Å². The fraction of sp³-hybridized carbons (Fsp3) is 0.333. The van der Waals surface area contributed by atoms with Crippen molar-refractivity contribution < 1.29 is 14.2 Å². The van der Waals surface area contributed by atoms with E-state index in [1.165, 1.54) is 0 Å². The lowest BCUT2D eigenvalue weighted by molar-refractivity contribution is 0.186. The van der Waals surface area contributed by atoms with Crippen LogP contribution in [-0.2, 0) is 11.3 Å². The van der Waals surface area contributed by atoms with Crippen LogP contribution in [0.25, 0.3) is 22.3 Å².